The molecule has 0 radical (unpaired) electrons. The first-order valence-corrected chi connectivity index (χ1v) is 12.8. The molecule has 36 heavy (non-hydrogen) atoms. The second-order valence-electron chi connectivity index (χ2n) is 10.9. The fraction of sp³-hybridized carbons (Fsp3) is 0.448. The number of para-hydroxylation sites is 1. The van der Waals surface area contributed by atoms with Crippen molar-refractivity contribution in [1.29, 1.82) is 0 Å². The highest BCUT2D eigenvalue weighted by atomic mass is 16.5. The monoisotopic (exact) mass is 486 g/mol. The van der Waals surface area contributed by atoms with Crippen LogP contribution in [0.3, 0.4) is 0 Å². The van der Waals surface area contributed by atoms with Gasteiger partial charge in [-0.2, -0.15) is 0 Å². The van der Waals surface area contributed by atoms with E-state index in [2.05, 4.69) is 0 Å². The van der Waals surface area contributed by atoms with Gasteiger partial charge in [0.05, 0.1) is 23.4 Å². The number of imide groups is 1. The molecule has 0 unspecified atom stereocenters. The van der Waals surface area contributed by atoms with E-state index in [4.69, 9.17) is 4.74 Å². The Morgan fingerprint density at radius 3 is 2.14 bits per heavy atom. The SMILES string of the molecule is Cc1cc(OC(=O)[C@H]2CC(=O)N(c3c(C)cccc3C)C2)ccc1N1C(=O)[C@@H]2[C@H]3CC[C@@H](C3)[C@@H]2C1=O. The summed E-state index contributed by atoms with van der Waals surface area (Å²) < 4.78 is 5.66. The average molecular weight is 487 g/mol. The fourth-order valence-corrected chi connectivity index (χ4v) is 7.10. The lowest BCUT2D eigenvalue weighted by atomic mass is 9.81. The van der Waals surface area contributed by atoms with E-state index in [0.717, 1.165) is 36.1 Å². The van der Waals surface area contributed by atoms with E-state index in [0.29, 0.717) is 28.8 Å². The zero-order chi connectivity index (χ0) is 25.3. The van der Waals surface area contributed by atoms with Crippen molar-refractivity contribution in [2.45, 2.75) is 46.5 Å². The highest BCUT2D eigenvalue weighted by Crippen LogP contribution is 2.56. The summed E-state index contributed by atoms with van der Waals surface area (Å²) in [6, 6.07) is 10.9. The lowest BCUT2D eigenvalue weighted by Gasteiger charge is -2.21. The van der Waals surface area contributed by atoms with Gasteiger partial charge in [0.25, 0.3) is 0 Å². The van der Waals surface area contributed by atoms with Crippen LogP contribution in [0.25, 0.3) is 0 Å². The largest absolute Gasteiger partial charge is 0.426 e. The molecule has 0 aromatic heterocycles. The lowest BCUT2D eigenvalue weighted by molar-refractivity contribution is -0.139. The molecule has 2 bridgehead atoms. The molecule has 6 rings (SSSR count). The van der Waals surface area contributed by atoms with Gasteiger partial charge in [-0.05, 0) is 86.8 Å². The highest BCUT2D eigenvalue weighted by molar-refractivity contribution is 6.23. The van der Waals surface area contributed by atoms with Crippen molar-refractivity contribution in [2.75, 3.05) is 16.3 Å². The summed E-state index contributed by atoms with van der Waals surface area (Å²) in [5.41, 5.74) is 4.11. The van der Waals surface area contributed by atoms with Crippen LogP contribution in [0, 0.1) is 50.4 Å². The Morgan fingerprint density at radius 2 is 1.53 bits per heavy atom. The second-order valence-corrected chi connectivity index (χ2v) is 10.9. The van der Waals surface area contributed by atoms with Gasteiger partial charge in [0.1, 0.15) is 5.75 Å². The number of carbonyl (C=O) groups excluding carboxylic acids is 4. The van der Waals surface area contributed by atoms with Crippen molar-refractivity contribution in [1.82, 2.24) is 0 Å². The third-order valence-electron chi connectivity index (χ3n) is 8.72. The van der Waals surface area contributed by atoms with Crippen LogP contribution >= 0.6 is 0 Å². The zero-order valence-electron chi connectivity index (χ0n) is 20.8. The maximum absolute atomic E-state index is 13.2. The number of fused-ring (bicyclic) bond motifs is 5. The van der Waals surface area contributed by atoms with Crippen LogP contribution in [0.1, 0.15) is 42.4 Å². The van der Waals surface area contributed by atoms with E-state index in [9.17, 15) is 19.2 Å². The van der Waals surface area contributed by atoms with Gasteiger partial charge in [0, 0.05) is 18.7 Å². The van der Waals surface area contributed by atoms with E-state index in [-0.39, 0.29) is 42.5 Å². The maximum Gasteiger partial charge on any atom is 0.316 e. The first kappa shape index (κ1) is 23.0. The number of anilines is 2. The molecule has 2 heterocycles. The first-order valence-electron chi connectivity index (χ1n) is 12.8. The molecule has 186 valence electrons. The molecule has 0 N–H and O–H groups in total. The van der Waals surface area contributed by atoms with Crippen LogP contribution in [-0.2, 0) is 19.2 Å². The van der Waals surface area contributed by atoms with Gasteiger partial charge in [-0.3, -0.25) is 19.2 Å². The topological polar surface area (TPSA) is 84.0 Å². The molecule has 2 saturated carbocycles. The smallest absolute Gasteiger partial charge is 0.316 e. The summed E-state index contributed by atoms with van der Waals surface area (Å²) in [5, 5.41) is 0. The predicted molar refractivity (Wildman–Crippen MR) is 133 cm³/mol. The molecule has 2 aromatic carbocycles. The van der Waals surface area contributed by atoms with Crippen LogP contribution in [0.4, 0.5) is 11.4 Å². The van der Waals surface area contributed by atoms with E-state index >= 15 is 0 Å². The summed E-state index contributed by atoms with van der Waals surface area (Å²) in [7, 11) is 0. The molecule has 2 aliphatic carbocycles. The summed E-state index contributed by atoms with van der Waals surface area (Å²) in [4.78, 5) is 55.1. The molecule has 7 heteroatoms. The Morgan fingerprint density at radius 1 is 0.889 bits per heavy atom. The molecule has 4 fully saturated rings. The molecular weight excluding hydrogens is 456 g/mol. The minimum atomic E-state index is -0.562. The van der Waals surface area contributed by atoms with Crippen LogP contribution < -0.4 is 14.5 Å². The first-order chi connectivity index (χ1) is 17.2. The number of hydrogen-bond acceptors (Lipinski definition) is 5. The molecule has 2 saturated heterocycles. The van der Waals surface area contributed by atoms with E-state index in [1.807, 2.05) is 39.0 Å². The van der Waals surface area contributed by atoms with Gasteiger partial charge in [0.15, 0.2) is 0 Å². The molecule has 3 amide bonds. The van der Waals surface area contributed by atoms with E-state index < -0.39 is 11.9 Å². The number of rotatable bonds is 4. The van der Waals surface area contributed by atoms with Crippen LogP contribution in [0.5, 0.6) is 5.75 Å². The van der Waals surface area contributed by atoms with Gasteiger partial charge < -0.3 is 9.64 Å². The van der Waals surface area contributed by atoms with Crippen LogP contribution in [0.15, 0.2) is 36.4 Å². The summed E-state index contributed by atoms with van der Waals surface area (Å²) in [6.45, 7) is 6.01. The lowest BCUT2D eigenvalue weighted by Crippen LogP contribution is -2.33. The summed E-state index contributed by atoms with van der Waals surface area (Å²) in [6.07, 6.45) is 3.18. The van der Waals surface area contributed by atoms with Crippen molar-refractivity contribution < 1.29 is 23.9 Å². The van der Waals surface area contributed by atoms with Gasteiger partial charge in [-0.25, -0.2) is 4.90 Å². The predicted octanol–water partition coefficient (Wildman–Crippen LogP) is 4.11. The minimum absolute atomic E-state index is 0.0823. The van der Waals surface area contributed by atoms with E-state index in [1.54, 1.807) is 23.1 Å². The second kappa shape index (κ2) is 8.29. The number of benzene rings is 2. The van der Waals surface area contributed by atoms with Crippen molar-refractivity contribution in [3.05, 3.63) is 53.1 Å². The molecule has 2 aliphatic heterocycles. The Bertz CT molecular complexity index is 1270. The number of ether oxygens (including phenoxy) is 1. The number of nitrogens with zero attached hydrogens (tertiary/aromatic N) is 2. The van der Waals surface area contributed by atoms with E-state index in [1.165, 1.54) is 4.90 Å². The van der Waals surface area contributed by atoms with Crippen molar-refractivity contribution in [2.24, 2.45) is 29.6 Å². The number of esters is 1. The Kier molecular flexibility index (Phi) is 5.28. The molecule has 5 atom stereocenters. The third kappa shape index (κ3) is 3.39. The van der Waals surface area contributed by atoms with Crippen molar-refractivity contribution >= 4 is 35.1 Å². The Balaban J connectivity index is 1.17. The molecule has 4 aliphatic rings. The molecular formula is C29H30N2O5. The number of carbonyl (C=O) groups is 4. The third-order valence-corrected chi connectivity index (χ3v) is 8.72. The molecule has 2 aromatic rings. The fourth-order valence-electron chi connectivity index (χ4n) is 7.10. The zero-order valence-corrected chi connectivity index (χ0v) is 20.8. The van der Waals surface area contributed by atoms with Gasteiger partial charge in [0.2, 0.25) is 17.7 Å². The average Bonchev–Trinajstić information content (AvgIpc) is 3.59. The Labute approximate surface area is 210 Å². The summed E-state index contributed by atoms with van der Waals surface area (Å²) >= 11 is 0. The normalized spacial score (nSPS) is 28.9. The van der Waals surface area contributed by atoms with Gasteiger partial charge in [-0.1, -0.05) is 18.2 Å². The van der Waals surface area contributed by atoms with Crippen molar-refractivity contribution in [3.63, 3.8) is 0 Å². The van der Waals surface area contributed by atoms with Gasteiger partial charge >= 0.3 is 5.97 Å². The minimum Gasteiger partial charge on any atom is -0.426 e. The number of aryl methyl sites for hydroxylation is 3. The van der Waals surface area contributed by atoms with Gasteiger partial charge in [-0.15, -0.1) is 0 Å². The summed E-state index contributed by atoms with van der Waals surface area (Å²) in [5.74, 6) is -0.608. The maximum atomic E-state index is 13.2. The van der Waals surface area contributed by atoms with Crippen LogP contribution in [-0.4, -0.2) is 30.2 Å². The highest BCUT2D eigenvalue weighted by Gasteiger charge is 2.61. The van der Waals surface area contributed by atoms with Crippen LogP contribution in [0.2, 0.25) is 0 Å². The molecule has 0 spiro atoms. The van der Waals surface area contributed by atoms with Crippen molar-refractivity contribution in [3.8, 4) is 5.75 Å². The Hall–Kier alpha value is -3.48. The number of hydrogen-bond donors (Lipinski definition) is 0. The quantitative estimate of drug-likeness (QED) is 0.369. The number of amides is 3. The molecule has 7 nitrogen and oxygen atoms in total. The standard InChI is InChI=1S/C29H30N2O5/c1-15-5-4-6-16(2)26(15)30-14-20(13-23(30)32)29(35)36-21-9-10-22(17(3)11-21)31-27(33)24-18-7-8-19(12-18)25(24)28(31)34/h4-6,9-11,18-20,24-25H,7-8,12-14H2,1-3H3/t18-,19-,20-,24-,25+/m0/s1.